The number of fused-ring (bicyclic) bond motifs is 1. The monoisotopic (exact) mass is 511 g/mol. The molecule has 4 aromatic rings. The maximum Gasteiger partial charge on any atom is 0.433 e. The van der Waals surface area contributed by atoms with E-state index < -0.39 is 22.7 Å². The van der Waals surface area contributed by atoms with E-state index in [0.717, 1.165) is 29.5 Å². The van der Waals surface area contributed by atoms with Crippen molar-refractivity contribution in [1.29, 1.82) is 0 Å². The highest BCUT2D eigenvalue weighted by Crippen LogP contribution is 2.41. The summed E-state index contributed by atoms with van der Waals surface area (Å²) in [7, 11) is 0. The minimum atomic E-state index is -4.70. The molecule has 1 fully saturated rings. The van der Waals surface area contributed by atoms with Gasteiger partial charge in [0.05, 0.1) is 22.9 Å². The molecule has 0 bridgehead atoms. The molecule has 0 saturated heterocycles. The zero-order valence-corrected chi connectivity index (χ0v) is 19.7. The Kier molecular flexibility index (Phi) is 5.81. The molecule has 9 nitrogen and oxygen atoms in total. The topological polar surface area (TPSA) is 112 Å². The number of nitrogens with zero attached hydrogens (tertiary/aromatic N) is 4. The van der Waals surface area contributed by atoms with Crippen molar-refractivity contribution < 1.29 is 27.6 Å². The highest BCUT2D eigenvalue weighted by molar-refractivity contribution is 6.08. The molecule has 1 saturated carbocycles. The van der Waals surface area contributed by atoms with Gasteiger partial charge in [-0.25, -0.2) is 9.50 Å². The molecule has 2 heterocycles. The van der Waals surface area contributed by atoms with Gasteiger partial charge in [-0.3, -0.25) is 14.9 Å². The van der Waals surface area contributed by atoms with Crippen molar-refractivity contribution in [3.8, 4) is 11.5 Å². The van der Waals surface area contributed by atoms with Crippen LogP contribution in [0.2, 0.25) is 0 Å². The van der Waals surface area contributed by atoms with Crippen molar-refractivity contribution in [3.63, 3.8) is 0 Å². The van der Waals surface area contributed by atoms with Gasteiger partial charge in [-0.15, -0.1) is 0 Å². The zero-order valence-electron chi connectivity index (χ0n) is 19.7. The van der Waals surface area contributed by atoms with E-state index in [4.69, 9.17) is 4.74 Å². The Labute approximate surface area is 208 Å². The number of ether oxygens (including phenoxy) is 1. The van der Waals surface area contributed by atoms with Crippen LogP contribution in [0.25, 0.3) is 5.65 Å². The van der Waals surface area contributed by atoms with Crippen LogP contribution < -0.4 is 10.1 Å². The Morgan fingerprint density at radius 3 is 2.59 bits per heavy atom. The third-order valence-electron chi connectivity index (χ3n) is 5.95. The maximum atomic E-state index is 13.7. The summed E-state index contributed by atoms with van der Waals surface area (Å²) in [6, 6.07) is 10.2. The third kappa shape index (κ3) is 4.95. The largest absolute Gasteiger partial charge is 0.457 e. The number of nitro groups is 1. The van der Waals surface area contributed by atoms with E-state index in [2.05, 4.69) is 15.4 Å². The smallest absolute Gasteiger partial charge is 0.433 e. The van der Waals surface area contributed by atoms with E-state index in [-0.39, 0.29) is 39.9 Å². The van der Waals surface area contributed by atoms with Crippen LogP contribution in [0.1, 0.15) is 51.6 Å². The quantitative estimate of drug-likeness (QED) is 0.244. The zero-order chi connectivity index (χ0) is 26.5. The molecule has 0 spiro atoms. The number of nitrogens with one attached hydrogen (secondary N) is 1. The van der Waals surface area contributed by atoms with Crippen LogP contribution in [0.5, 0.6) is 11.5 Å². The van der Waals surface area contributed by atoms with Gasteiger partial charge in [0.1, 0.15) is 22.8 Å². The lowest BCUT2D eigenvalue weighted by molar-refractivity contribution is -0.384. The van der Waals surface area contributed by atoms with Crippen LogP contribution in [-0.2, 0) is 6.18 Å². The number of amides is 1. The molecule has 1 aliphatic carbocycles. The molecule has 37 heavy (non-hydrogen) atoms. The Bertz CT molecular complexity index is 1560. The lowest BCUT2D eigenvalue weighted by atomic mass is 10.1. The minimum absolute atomic E-state index is 0.0215. The van der Waals surface area contributed by atoms with Crippen LogP contribution in [0.15, 0.2) is 48.7 Å². The number of rotatable bonds is 6. The van der Waals surface area contributed by atoms with Gasteiger partial charge in [-0.1, -0.05) is 12.1 Å². The summed E-state index contributed by atoms with van der Waals surface area (Å²) < 4.78 is 47.4. The molecule has 0 atom stereocenters. The number of nitro benzene ring substituents is 1. The van der Waals surface area contributed by atoms with E-state index in [1.54, 1.807) is 6.07 Å². The number of hydrogen-bond acceptors (Lipinski definition) is 6. The van der Waals surface area contributed by atoms with Crippen molar-refractivity contribution in [2.24, 2.45) is 0 Å². The number of anilines is 1. The second-order valence-electron chi connectivity index (χ2n) is 8.93. The highest BCUT2D eigenvalue weighted by Gasteiger charge is 2.38. The summed E-state index contributed by atoms with van der Waals surface area (Å²) in [6.07, 6.45) is -2.28. The number of carbonyl (C=O) groups excluding carboxylic acids is 1. The Balaban J connectivity index is 1.50. The van der Waals surface area contributed by atoms with Crippen molar-refractivity contribution in [2.75, 3.05) is 5.32 Å². The number of non-ortho nitro benzene ring substituents is 1. The van der Waals surface area contributed by atoms with Crippen LogP contribution >= 0.6 is 0 Å². The lowest BCUT2D eigenvalue weighted by Gasteiger charge is -2.12. The van der Waals surface area contributed by atoms with Gasteiger partial charge in [0.2, 0.25) is 0 Å². The van der Waals surface area contributed by atoms with E-state index in [9.17, 15) is 28.1 Å². The van der Waals surface area contributed by atoms with Crippen molar-refractivity contribution in [1.82, 2.24) is 14.6 Å². The summed E-state index contributed by atoms with van der Waals surface area (Å²) in [4.78, 5) is 28.3. The Morgan fingerprint density at radius 2 is 1.92 bits per heavy atom. The van der Waals surface area contributed by atoms with Crippen molar-refractivity contribution in [2.45, 2.75) is 38.8 Å². The van der Waals surface area contributed by atoms with Gasteiger partial charge in [0, 0.05) is 23.7 Å². The van der Waals surface area contributed by atoms with E-state index in [1.165, 1.54) is 12.1 Å². The molecule has 1 amide bonds. The van der Waals surface area contributed by atoms with Gasteiger partial charge in [0.15, 0.2) is 5.65 Å². The van der Waals surface area contributed by atoms with Gasteiger partial charge in [-0.05, 0) is 49.9 Å². The summed E-state index contributed by atoms with van der Waals surface area (Å²) in [5.74, 6) is -0.330. The fraction of sp³-hybridized carbons (Fsp3) is 0.240. The minimum Gasteiger partial charge on any atom is -0.457 e. The number of alkyl halides is 3. The lowest BCUT2D eigenvalue weighted by Crippen LogP contribution is -2.16. The van der Waals surface area contributed by atoms with Crippen LogP contribution in [0.3, 0.4) is 0 Å². The highest BCUT2D eigenvalue weighted by atomic mass is 19.4. The number of carbonyl (C=O) groups is 1. The average Bonchev–Trinajstić information content (AvgIpc) is 3.59. The molecule has 5 rings (SSSR count). The molecule has 1 N–H and O–H groups in total. The molecule has 12 heteroatoms. The maximum absolute atomic E-state index is 13.7. The molecule has 2 aromatic heterocycles. The SMILES string of the molecule is Cc1ccc(C)c(Oc2cc(NC(=O)c3cnn4c(C(F)(F)F)cc(C5CC5)nc34)cc([N+](=O)[O-])c2)c1. The number of aryl methyl sites for hydroxylation is 2. The predicted octanol–water partition coefficient (Wildman–Crippen LogP) is 6.20. The summed E-state index contributed by atoms with van der Waals surface area (Å²) >= 11 is 0. The van der Waals surface area contributed by atoms with Gasteiger partial charge in [0.25, 0.3) is 11.6 Å². The second-order valence-corrected chi connectivity index (χ2v) is 8.93. The fourth-order valence-electron chi connectivity index (χ4n) is 3.89. The molecule has 0 unspecified atom stereocenters. The Hall–Kier alpha value is -4.48. The first-order valence-electron chi connectivity index (χ1n) is 11.3. The molecular formula is C25H20F3N5O4. The van der Waals surface area contributed by atoms with Gasteiger partial charge < -0.3 is 10.1 Å². The second kappa shape index (κ2) is 8.87. The van der Waals surface area contributed by atoms with Crippen LogP contribution in [0, 0.1) is 24.0 Å². The van der Waals surface area contributed by atoms with E-state index >= 15 is 0 Å². The fourth-order valence-corrected chi connectivity index (χ4v) is 3.89. The number of hydrogen-bond donors (Lipinski definition) is 1. The average molecular weight is 511 g/mol. The predicted molar refractivity (Wildman–Crippen MR) is 127 cm³/mol. The van der Waals surface area contributed by atoms with E-state index in [0.29, 0.717) is 23.1 Å². The number of aromatic nitrogens is 3. The first kappa shape index (κ1) is 24.2. The first-order chi connectivity index (χ1) is 17.5. The van der Waals surface area contributed by atoms with Crippen molar-refractivity contribution in [3.05, 3.63) is 86.9 Å². The normalized spacial score (nSPS) is 13.5. The molecule has 1 aliphatic rings. The van der Waals surface area contributed by atoms with Crippen LogP contribution in [0.4, 0.5) is 24.5 Å². The Morgan fingerprint density at radius 1 is 1.16 bits per heavy atom. The molecule has 2 aromatic carbocycles. The third-order valence-corrected chi connectivity index (χ3v) is 5.95. The van der Waals surface area contributed by atoms with Crippen LogP contribution in [-0.4, -0.2) is 25.4 Å². The summed E-state index contributed by atoms with van der Waals surface area (Å²) in [5, 5.41) is 17.8. The molecule has 0 radical (unpaired) electrons. The standard InChI is InChI=1S/C25H20F3N5O4/c1-13-3-4-14(2)21(7-13)37-18-9-16(8-17(10-18)33(35)36)30-24(34)19-12-29-32-22(25(26,27)28)11-20(15-5-6-15)31-23(19)32/h3-4,7-12,15H,5-6H2,1-2H3,(H,30,34). The van der Waals surface area contributed by atoms with E-state index in [1.807, 2.05) is 26.0 Å². The van der Waals surface area contributed by atoms with Crippen molar-refractivity contribution >= 4 is 22.9 Å². The molecule has 190 valence electrons. The molecule has 0 aliphatic heterocycles. The summed E-state index contributed by atoms with van der Waals surface area (Å²) in [5.41, 5.74) is 0.172. The van der Waals surface area contributed by atoms with Gasteiger partial charge in [-0.2, -0.15) is 18.3 Å². The van der Waals surface area contributed by atoms with Gasteiger partial charge >= 0.3 is 6.18 Å². The summed E-state index contributed by atoms with van der Waals surface area (Å²) in [6.45, 7) is 3.69. The number of halogens is 3. The molecular weight excluding hydrogens is 491 g/mol. The first-order valence-corrected chi connectivity index (χ1v) is 11.3. The number of benzene rings is 2.